The molecule has 2 aliphatic rings. The fraction of sp³-hybridized carbons (Fsp3) is 0.130. The van der Waals surface area contributed by atoms with Crippen molar-refractivity contribution in [2.75, 3.05) is 0 Å². The Morgan fingerprint density at radius 3 is 1.46 bits per heavy atom. The lowest BCUT2D eigenvalue weighted by atomic mass is 9.67. The van der Waals surface area contributed by atoms with Crippen molar-refractivity contribution in [3.8, 4) is 67.5 Å². The summed E-state index contributed by atoms with van der Waals surface area (Å²) in [6, 6.07) is 50.6. The summed E-state index contributed by atoms with van der Waals surface area (Å²) in [6.07, 6.45) is 5.99. The molecule has 1 spiro atoms. The van der Waals surface area contributed by atoms with E-state index in [9.17, 15) is 0 Å². The third-order valence-corrected chi connectivity index (χ3v) is 10.6. The van der Waals surface area contributed by atoms with Gasteiger partial charge in [-0.1, -0.05) is 165 Å². The third kappa shape index (κ3) is 5.02. The maximum atomic E-state index is 8.07. The van der Waals surface area contributed by atoms with Gasteiger partial charge in [0.1, 0.15) is 0 Å². The minimum absolute atomic E-state index is 0.00597. The number of nitrogens with zero attached hydrogens (tertiary/aromatic N) is 4. The van der Waals surface area contributed by atoms with Crippen LogP contribution in [0.4, 0.5) is 5.69 Å². The molecule has 2 aliphatic carbocycles. The van der Waals surface area contributed by atoms with Gasteiger partial charge >= 0.3 is 0 Å². The molecule has 0 N–H and O–H groups in total. The number of hydrogen-bond acceptors (Lipinski definition) is 3. The first-order valence-corrected chi connectivity index (χ1v) is 17.4. The Hall–Kier alpha value is -6.18. The van der Waals surface area contributed by atoms with Crippen LogP contribution in [0.5, 0.6) is 0 Å². The van der Waals surface area contributed by atoms with Crippen molar-refractivity contribution in [2.45, 2.75) is 37.5 Å². The van der Waals surface area contributed by atoms with E-state index < -0.39 is 0 Å². The van der Waals surface area contributed by atoms with E-state index in [1.807, 2.05) is 42.5 Å². The number of hydrogen-bond donors (Lipinski definition) is 0. The fourth-order valence-electron chi connectivity index (χ4n) is 8.19. The highest BCUT2D eigenvalue weighted by molar-refractivity contribution is 5.98. The highest BCUT2D eigenvalue weighted by Gasteiger charge is 2.45. The van der Waals surface area contributed by atoms with Gasteiger partial charge in [0, 0.05) is 22.1 Å². The zero-order chi connectivity index (χ0) is 33.5. The number of fused-ring (bicyclic) bond motifs is 5. The maximum Gasteiger partial charge on any atom is 0.195 e. The topological polar surface area (TPSA) is 43.0 Å². The van der Waals surface area contributed by atoms with Crippen LogP contribution >= 0.6 is 0 Å². The van der Waals surface area contributed by atoms with Crippen molar-refractivity contribution in [3.05, 3.63) is 168 Å². The second-order valence-corrected chi connectivity index (χ2v) is 13.4. The van der Waals surface area contributed by atoms with Gasteiger partial charge in [0.15, 0.2) is 23.2 Å². The van der Waals surface area contributed by atoms with E-state index in [4.69, 9.17) is 21.5 Å². The van der Waals surface area contributed by atoms with E-state index in [1.165, 1.54) is 47.1 Å². The molecule has 4 heteroatoms. The minimum atomic E-state index is -0.00597. The van der Waals surface area contributed by atoms with Crippen molar-refractivity contribution in [3.63, 3.8) is 0 Å². The van der Waals surface area contributed by atoms with Gasteiger partial charge in [-0.2, -0.15) is 0 Å². The van der Waals surface area contributed by atoms with Crippen LogP contribution in [0.2, 0.25) is 0 Å². The summed E-state index contributed by atoms with van der Waals surface area (Å²) in [5.41, 5.74) is 13.3. The molecule has 0 amide bonds. The summed E-state index contributed by atoms with van der Waals surface area (Å²) in [5.74, 6) is 1.91. The Kier molecular flexibility index (Phi) is 7.40. The molecule has 6 aromatic carbocycles. The Morgan fingerprint density at radius 1 is 0.420 bits per heavy atom. The largest absolute Gasteiger partial charge is 0.238 e. The van der Waals surface area contributed by atoms with E-state index in [0.29, 0.717) is 17.5 Å². The van der Waals surface area contributed by atoms with Gasteiger partial charge in [-0.05, 0) is 57.3 Å². The Labute approximate surface area is 293 Å². The van der Waals surface area contributed by atoms with Crippen LogP contribution in [-0.4, -0.2) is 15.0 Å². The average Bonchev–Trinajstić information content (AvgIpc) is 3.47. The lowest BCUT2D eigenvalue weighted by molar-refractivity contribution is 0.353. The number of benzene rings is 6. The Morgan fingerprint density at radius 2 is 0.880 bits per heavy atom. The molecule has 9 rings (SSSR count). The van der Waals surface area contributed by atoms with Gasteiger partial charge in [-0.15, -0.1) is 0 Å². The molecule has 0 unspecified atom stereocenters. The minimum Gasteiger partial charge on any atom is -0.238 e. The van der Waals surface area contributed by atoms with Crippen LogP contribution in [0.3, 0.4) is 0 Å². The maximum absolute atomic E-state index is 8.07. The average molecular weight is 643 g/mol. The number of rotatable bonds is 5. The van der Waals surface area contributed by atoms with Crippen LogP contribution in [0.1, 0.15) is 43.2 Å². The molecule has 0 atom stereocenters. The van der Waals surface area contributed by atoms with E-state index in [1.54, 1.807) is 0 Å². The van der Waals surface area contributed by atoms with Crippen molar-refractivity contribution in [1.82, 2.24) is 15.0 Å². The lowest BCUT2D eigenvalue weighted by Gasteiger charge is -2.36. The van der Waals surface area contributed by atoms with Gasteiger partial charge in [-0.3, -0.25) is 0 Å². The molecule has 1 fully saturated rings. The highest BCUT2D eigenvalue weighted by atomic mass is 15.0. The van der Waals surface area contributed by atoms with E-state index in [-0.39, 0.29) is 5.41 Å². The Balaban J connectivity index is 1.13. The second-order valence-electron chi connectivity index (χ2n) is 13.4. The zero-order valence-corrected chi connectivity index (χ0v) is 27.7. The van der Waals surface area contributed by atoms with E-state index >= 15 is 0 Å². The number of aromatic nitrogens is 3. The van der Waals surface area contributed by atoms with Crippen LogP contribution in [0.25, 0.3) is 72.4 Å². The molecule has 0 aliphatic heterocycles. The van der Waals surface area contributed by atoms with Crippen molar-refractivity contribution >= 4 is 5.69 Å². The molecule has 4 nitrogen and oxygen atoms in total. The van der Waals surface area contributed by atoms with Crippen LogP contribution < -0.4 is 0 Å². The molecule has 238 valence electrons. The molecular formula is C46H34N4. The SMILES string of the molecule is [C-]#[N+]c1cccc2c1-c1c(-c3ccc(-c4nc(-c5ccccc5)nc(-c5ccc(-c6ccccc6)cc5)n4)cc3)cccc1C21CCCCC1. The van der Waals surface area contributed by atoms with Gasteiger partial charge in [0.25, 0.3) is 0 Å². The standard InChI is InChI=1S/C46H34N4/c1-47-40-20-12-19-39-42(40)41-37(17-11-18-38(41)46(39)29-9-4-10-30-46)33-23-27-36(28-24-33)45-49-43(34-15-7-3-8-16-34)48-44(50-45)35-25-21-32(22-26-35)31-13-5-2-6-14-31/h2-3,5-8,11-28H,4,9-10,29-30H2. The summed E-state index contributed by atoms with van der Waals surface area (Å²) < 4.78 is 0. The van der Waals surface area contributed by atoms with Crippen LogP contribution in [0.15, 0.2) is 146 Å². The molecule has 0 radical (unpaired) electrons. The van der Waals surface area contributed by atoms with Gasteiger partial charge in [0.05, 0.1) is 6.57 Å². The molecule has 1 saturated carbocycles. The first-order chi connectivity index (χ1) is 24.7. The zero-order valence-electron chi connectivity index (χ0n) is 27.7. The molecule has 1 aromatic heterocycles. The Bertz CT molecular complexity index is 2380. The fourth-order valence-corrected chi connectivity index (χ4v) is 8.19. The van der Waals surface area contributed by atoms with Gasteiger partial charge < -0.3 is 0 Å². The van der Waals surface area contributed by atoms with Crippen LogP contribution in [0, 0.1) is 6.57 Å². The summed E-state index contributed by atoms with van der Waals surface area (Å²) in [7, 11) is 0. The summed E-state index contributed by atoms with van der Waals surface area (Å²) >= 11 is 0. The van der Waals surface area contributed by atoms with Gasteiger partial charge in [0.2, 0.25) is 0 Å². The third-order valence-electron chi connectivity index (χ3n) is 10.6. The summed E-state index contributed by atoms with van der Waals surface area (Å²) in [6.45, 7) is 8.07. The quantitative estimate of drug-likeness (QED) is 0.175. The summed E-state index contributed by atoms with van der Waals surface area (Å²) in [5, 5.41) is 0. The molecule has 7 aromatic rings. The monoisotopic (exact) mass is 642 g/mol. The normalized spacial score (nSPS) is 14.1. The molecule has 0 bridgehead atoms. The van der Waals surface area contributed by atoms with Crippen molar-refractivity contribution in [1.29, 1.82) is 0 Å². The lowest BCUT2D eigenvalue weighted by Crippen LogP contribution is -2.27. The molecule has 50 heavy (non-hydrogen) atoms. The highest BCUT2D eigenvalue weighted by Crippen LogP contribution is 2.60. The van der Waals surface area contributed by atoms with Crippen LogP contribution in [-0.2, 0) is 5.41 Å². The van der Waals surface area contributed by atoms with E-state index in [2.05, 4.69) is 108 Å². The first kappa shape index (κ1) is 29.9. The van der Waals surface area contributed by atoms with E-state index in [0.717, 1.165) is 51.9 Å². The second kappa shape index (κ2) is 12.4. The van der Waals surface area contributed by atoms with Gasteiger partial charge in [-0.25, -0.2) is 19.8 Å². The molecular weight excluding hydrogens is 609 g/mol. The predicted octanol–water partition coefficient (Wildman–Crippen LogP) is 12.0. The smallest absolute Gasteiger partial charge is 0.195 e. The predicted molar refractivity (Wildman–Crippen MR) is 203 cm³/mol. The molecule has 0 saturated heterocycles. The summed E-state index contributed by atoms with van der Waals surface area (Å²) in [4.78, 5) is 19.0. The van der Waals surface area contributed by atoms with Crippen molar-refractivity contribution < 1.29 is 0 Å². The first-order valence-electron chi connectivity index (χ1n) is 17.4. The van der Waals surface area contributed by atoms with Crippen molar-refractivity contribution in [2.24, 2.45) is 0 Å². The molecule has 1 heterocycles.